The Balaban J connectivity index is 1.88. The molecule has 1 atom stereocenters. The van der Waals surface area contributed by atoms with E-state index in [0.717, 1.165) is 16.1 Å². The molecule has 2 aromatic rings. The number of benzene rings is 2. The van der Waals surface area contributed by atoms with Crippen LogP contribution in [-0.4, -0.2) is 70.8 Å². The van der Waals surface area contributed by atoms with E-state index in [2.05, 4.69) is 5.32 Å². The number of anilines is 1. The lowest BCUT2D eigenvalue weighted by Crippen LogP contribution is -2.52. The van der Waals surface area contributed by atoms with Gasteiger partial charge in [-0.2, -0.15) is 0 Å². The van der Waals surface area contributed by atoms with Crippen molar-refractivity contribution in [1.82, 2.24) is 10.2 Å². The van der Waals surface area contributed by atoms with Crippen LogP contribution in [0, 0.1) is 0 Å². The van der Waals surface area contributed by atoms with Crippen molar-refractivity contribution in [3.63, 3.8) is 0 Å². The van der Waals surface area contributed by atoms with Crippen LogP contribution in [0.3, 0.4) is 0 Å². The Hall–Kier alpha value is -3.27. The van der Waals surface area contributed by atoms with Gasteiger partial charge < -0.3 is 19.7 Å². The average Bonchev–Trinajstić information content (AvgIpc) is 2.84. The molecule has 0 aromatic heterocycles. The third-order valence-corrected chi connectivity index (χ3v) is 6.75. The normalized spacial score (nSPS) is 13.6. The van der Waals surface area contributed by atoms with Crippen LogP contribution in [0.4, 0.5) is 5.69 Å². The van der Waals surface area contributed by atoms with E-state index in [1.165, 1.54) is 11.9 Å². The molecular formula is C24H31N3O6S. The van der Waals surface area contributed by atoms with Crippen molar-refractivity contribution < 1.29 is 27.5 Å². The van der Waals surface area contributed by atoms with Gasteiger partial charge >= 0.3 is 0 Å². The lowest BCUT2D eigenvalue weighted by Gasteiger charge is -2.32. The summed E-state index contributed by atoms with van der Waals surface area (Å²) < 4.78 is 37.5. The van der Waals surface area contributed by atoms with Gasteiger partial charge in [-0.25, -0.2) is 8.42 Å². The maximum Gasteiger partial charge on any atom is 0.244 e. The molecule has 0 saturated carbocycles. The Labute approximate surface area is 200 Å². The van der Waals surface area contributed by atoms with Gasteiger partial charge in [-0.1, -0.05) is 37.3 Å². The molecule has 0 radical (unpaired) electrons. The monoisotopic (exact) mass is 489 g/mol. The molecular weight excluding hydrogens is 458 g/mol. The largest absolute Gasteiger partial charge is 0.486 e. The van der Waals surface area contributed by atoms with Gasteiger partial charge in [-0.3, -0.25) is 13.9 Å². The molecule has 3 rings (SSSR count). The van der Waals surface area contributed by atoms with E-state index in [1.54, 1.807) is 18.2 Å². The van der Waals surface area contributed by atoms with Crippen LogP contribution in [0.25, 0.3) is 0 Å². The highest BCUT2D eigenvalue weighted by Gasteiger charge is 2.31. The first-order valence-corrected chi connectivity index (χ1v) is 13.0. The smallest absolute Gasteiger partial charge is 0.244 e. The second-order valence-electron chi connectivity index (χ2n) is 7.96. The number of carbonyl (C=O) groups excluding carboxylic acids is 2. The van der Waals surface area contributed by atoms with Gasteiger partial charge in [0.05, 0.1) is 11.9 Å². The molecule has 1 aliphatic heterocycles. The number of nitrogens with one attached hydrogen (secondary N) is 1. The summed E-state index contributed by atoms with van der Waals surface area (Å²) in [5.41, 5.74) is 1.30. The summed E-state index contributed by atoms with van der Waals surface area (Å²) in [6.45, 7) is 2.41. The summed E-state index contributed by atoms with van der Waals surface area (Å²) in [5, 5.41) is 2.60. The fourth-order valence-corrected chi connectivity index (χ4v) is 4.70. The van der Waals surface area contributed by atoms with Crippen LogP contribution in [0.5, 0.6) is 11.5 Å². The zero-order valence-electron chi connectivity index (χ0n) is 19.7. The van der Waals surface area contributed by atoms with Crippen LogP contribution in [-0.2, 0) is 26.0 Å². The Kier molecular flexibility index (Phi) is 8.38. The number of nitrogens with zero attached hydrogens (tertiary/aromatic N) is 2. The van der Waals surface area contributed by atoms with Gasteiger partial charge in [0.1, 0.15) is 25.8 Å². The van der Waals surface area contributed by atoms with Crippen LogP contribution in [0.2, 0.25) is 0 Å². The number of ether oxygens (including phenoxy) is 2. The summed E-state index contributed by atoms with van der Waals surface area (Å²) >= 11 is 0. The number of carbonyl (C=O) groups is 2. The lowest BCUT2D eigenvalue weighted by atomic mass is 10.1. The number of sulfonamides is 1. The van der Waals surface area contributed by atoms with E-state index in [9.17, 15) is 18.0 Å². The molecule has 34 heavy (non-hydrogen) atoms. The number of hydrogen-bond acceptors (Lipinski definition) is 6. The number of amides is 2. The molecule has 0 unspecified atom stereocenters. The van der Waals surface area contributed by atoms with Crippen LogP contribution >= 0.6 is 0 Å². The molecule has 1 heterocycles. The van der Waals surface area contributed by atoms with Crippen molar-refractivity contribution in [2.45, 2.75) is 25.8 Å². The standard InChI is InChI=1S/C24H31N3O6S/c1-4-20(24(29)25-2)26(13-12-18-8-6-5-7-9-18)23(28)17-27(34(3,30)31)19-10-11-21-22(16-19)33-15-14-32-21/h5-11,16,20H,4,12-15,17H2,1-3H3,(H,25,29)/t20-/m1/s1. The number of fused-ring (bicyclic) bond motifs is 1. The number of rotatable bonds is 10. The van der Waals surface area contributed by atoms with Gasteiger partial charge in [0.25, 0.3) is 0 Å². The first-order valence-electron chi connectivity index (χ1n) is 11.2. The Morgan fingerprint density at radius 3 is 2.35 bits per heavy atom. The molecule has 0 fully saturated rings. The van der Waals surface area contributed by atoms with Gasteiger partial charge in [-0.15, -0.1) is 0 Å². The summed E-state index contributed by atoms with van der Waals surface area (Å²) in [6.07, 6.45) is 1.97. The Morgan fingerprint density at radius 2 is 1.74 bits per heavy atom. The molecule has 2 aromatic carbocycles. The van der Waals surface area contributed by atoms with Gasteiger partial charge in [0, 0.05) is 19.7 Å². The summed E-state index contributed by atoms with van der Waals surface area (Å²) in [4.78, 5) is 27.5. The van der Waals surface area contributed by atoms with Crippen LogP contribution in [0.1, 0.15) is 18.9 Å². The Morgan fingerprint density at radius 1 is 1.06 bits per heavy atom. The van der Waals surface area contributed by atoms with Gasteiger partial charge in [0.2, 0.25) is 21.8 Å². The maximum atomic E-state index is 13.5. The van der Waals surface area contributed by atoms with Crippen molar-refractivity contribution in [1.29, 1.82) is 0 Å². The van der Waals surface area contributed by atoms with Crippen LogP contribution in [0.15, 0.2) is 48.5 Å². The first kappa shape index (κ1) is 25.4. The highest BCUT2D eigenvalue weighted by Crippen LogP contribution is 2.34. The Bertz CT molecular complexity index is 1110. The molecule has 10 heteroatoms. The van der Waals surface area contributed by atoms with Crippen LogP contribution < -0.4 is 19.1 Å². The van der Waals surface area contributed by atoms with Crippen molar-refractivity contribution in [3.8, 4) is 11.5 Å². The van der Waals surface area contributed by atoms with Crippen molar-refractivity contribution in [2.75, 3.05) is 43.9 Å². The highest BCUT2D eigenvalue weighted by molar-refractivity contribution is 7.92. The minimum absolute atomic E-state index is 0.271. The van der Waals surface area contributed by atoms with Crippen molar-refractivity contribution in [3.05, 3.63) is 54.1 Å². The number of likely N-dealkylation sites (N-methyl/N-ethyl adjacent to an activating group) is 1. The maximum absolute atomic E-state index is 13.5. The molecule has 1 N–H and O–H groups in total. The summed E-state index contributed by atoms with van der Waals surface area (Å²) in [7, 11) is -2.29. The minimum Gasteiger partial charge on any atom is -0.486 e. The molecule has 0 saturated heterocycles. The molecule has 9 nitrogen and oxygen atoms in total. The van der Waals surface area contributed by atoms with E-state index in [1.807, 2.05) is 37.3 Å². The van der Waals surface area contributed by atoms with Gasteiger partial charge in [-0.05, 0) is 30.5 Å². The first-order chi connectivity index (χ1) is 16.2. The topological polar surface area (TPSA) is 105 Å². The zero-order valence-corrected chi connectivity index (χ0v) is 20.5. The van der Waals surface area contributed by atoms with E-state index < -0.39 is 28.5 Å². The van der Waals surface area contributed by atoms with Crippen molar-refractivity contribution >= 4 is 27.5 Å². The molecule has 0 aliphatic carbocycles. The molecule has 1 aliphatic rings. The zero-order chi connectivity index (χ0) is 24.7. The molecule has 0 spiro atoms. The third-order valence-electron chi connectivity index (χ3n) is 5.61. The molecule has 2 amide bonds. The summed E-state index contributed by atoms with van der Waals surface area (Å²) in [6, 6.07) is 13.6. The van der Waals surface area contributed by atoms with E-state index in [4.69, 9.17) is 9.47 Å². The molecule has 184 valence electrons. The van der Waals surface area contributed by atoms with E-state index in [-0.39, 0.29) is 18.1 Å². The predicted octanol–water partition coefficient (Wildman–Crippen LogP) is 1.82. The van der Waals surface area contributed by atoms with E-state index >= 15 is 0 Å². The number of hydrogen-bond donors (Lipinski definition) is 1. The quantitative estimate of drug-likeness (QED) is 0.546. The SMILES string of the molecule is CC[C@H](C(=O)NC)N(CCc1ccccc1)C(=O)CN(c1ccc2c(c1)OCCO2)S(C)(=O)=O. The fraction of sp³-hybridized carbons (Fsp3) is 0.417. The lowest BCUT2D eigenvalue weighted by molar-refractivity contribution is -0.139. The molecule has 0 bridgehead atoms. The van der Waals surface area contributed by atoms with Crippen molar-refractivity contribution in [2.24, 2.45) is 0 Å². The second kappa shape index (κ2) is 11.2. The fourth-order valence-electron chi connectivity index (χ4n) is 3.86. The van der Waals surface area contributed by atoms with E-state index in [0.29, 0.717) is 37.6 Å². The van der Waals surface area contributed by atoms with Gasteiger partial charge in [0.15, 0.2) is 11.5 Å². The summed E-state index contributed by atoms with van der Waals surface area (Å²) in [5.74, 6) is 0.174. The third kappa shape index (κ3) is 6.19. The highest BCUT2D eigenvalue weighted by atomic mass is 32.2. The minimum atomic E-state index is -3.81. The second-order valence-corrected chi connectivity index (χ2v) is 9.87. The average molecular weight is 490 g/mol. The predicted molar refractivity (Wildman–Crippen MR) is 130 cm³/mol.